The average molecular weight is 210 g/mol. The smallest absolute Gasteiger partial charge is 0.00200 e. The molecule has 2 fully saturated rings. The molecule has 3 N–H and O–H groups in total. The SMILES string of the molecule is NCC1(CNCC2CC2)CCCCCC1. The van der Waals surface area contributed by atoms with Crippen LogP contribution in [-0.2, 0) is 0 Å². The molecule has 2 aliphatic rings. The normalized spacial score (nSPS) is 26.2. The number of rotatable bonds is 5. The van der Waals surface area contributed by atoms with E-state index in [2.05, 4.69) is 5.32 Å². The van der Waals surface area contributed by atoms with Gasteiger partial charge in [0.2, 0.25) is 0 Å². The third-order valence-corrected chi connectivity index (χ3v) is 4.23. The summed E-state index contributed by atoms with van der Waals surface area (Å²) in [5.74, 6) is 0.991. The molecule has 0 aromatic heterocycles. The lowest BCUT2D eigenvalue weighted by Crippen LogP contribution is -2.40. The van der Waals surface area contributed by atoms with Crippen LogP contribution in [0.15, 0.2) is 0 Å². The lowest BCUT2D eigenvalue weighted by molar-refractivity contribution is 0.241. The standard InChI is InChI=1S/C13H26N2/c14-10-13(7-3-1-2-4-8-13)11-15-9-12-5-6-12/h12,15H,1-11,14H2. The Morgan fingerprint density at radius 1 is 1.07 bits per heavy atom. The molecule has 15 heavy (non-hydrogen) atoms. The van der Waals surface area contributed by atoms with Crippen molar-refractivity contribution in [1.82, 2.24) is 5.32 Å². The Hall–Kier alpha value is -0.0800. The Balaban J connectivity index is 1.75. The van der Waals surface area contributed by atoms with E-state index in [1.807, 2.05) is 0 Å². The third kappa shape index (κ3) is 3.46. The van der Waals surface area contributed by atoms with Crippen molar-refractivity contribution in [3.8, 4) is 0 Å². The highest BCUT2D eigenvalue weighted by molar-refractivity contribution is 4.86. The summed E-state index contributed by atoms with van der Waals surface area (Å²) in [5, 5.41) is 3.66. The van der Waals surface area contributed by atoms with Crippen LogP contribution in [0.3, 0.4) is 0 Å². The van der Waals surface area contributed by atoms with Crippen molar-refractivity contribution < 1.29 is 0 Å². The van der Waals surface area contributed by atoms with Gasteiger partial charge < -0.3 is 11.1 Å². The molecular weight excluding hydrogens is 184 g/mol. The zero-order valence-electron chi connectivity index (χ0n) is 9.93. The van der Waals surface area contributed by atoms with Crippen molar-refractivity contribution in [2.45, 2.75) is 51.4 Å². The van der Waals surface area contributed by atoms with Crippen LogP contribution >= 0.6 is 0 Å². The summed E-state index contributed by atoms with van der Waals surface area (Å²) >= 11 is 0. The van der Waals surface area contributed by atoms with E-state index in [9.17, 15) is 0 Å². The van der Waals surface area contributed by atoms with Crippen molar-refractivity contribution in [2.24, 2.45) is 17.1 Å². The molecule has 2 rings (SSSR count). The van der Waals surface area contributed by atoms with Crippen LogP contribution in [-0.4, -0.2) is 19.6 Å². The molecule has 0 heterocycles. The van der Waals surface area contributed by atoms with Gasteiger partial charge in [0.1, 0.15) is 0 Å². The Morgan fingerprint density at radius 2 is 1.73 bits per heavy atom. The molecule has 88 valence electrons. The molecule has 0 amide bonds. The number of hydrogen-bond donors (Lipinski definition) is 2. The summed E-state index contributed by atoms with van der Waals surface area (Å²) in [6.45, 7) is 3.28. The molecule has 2 heteroatoms. The molecule has 0 bridgehead atoms. The topological polar surface area (TPSA) is 38.0 Å². The summed E-state index contributed by atoms with van der Waals surface area (Å²) in [4.78, 5) is 0. The lowest BCUT2D eigenvalue weighted by atomic mass is 9.80. The van der Waals surface area contributed by atoms with Gasteiger partial charge in [-0.25, -0.2) is 0 Å². The summed E-state index contributed by atoms with van der Waals surface area (Å²) in [6.07, 6.45) is 11.2. The van der Waals surface area contributed by atoms with Crippen LogP contribution in [0, 0.1) is 11.3 Å². The Bertz CT molecular complexity index is 179. The minimum Gasteiger partial charge on any atom is -0.330 e. The fourth-order valence-electron chi connectivity index (χ4n) is 2.80. The largest absolute Gasteiger partial charge is 0.330 e. The van der Waals surface area contributed by atoms with Gasteiger partial charge in [-0.1, -0.05) is 25.7 Å². The van der Waals surface area contributed by atoms with Gasteiger partial charge in [-0.3, -0.25) is 0 Å². The molecule has 2 saturated carbocycles. The Morgan fingerprint density at radius 3 is 2.27 bits per heavy atom. The summed E-state index contributed by atoms with van der Waals surface area (Å²) < 4.78 is 0. The van der Waals surface area contributed by atoms with E-state index in [-0.39, 0.29) is 0 Å². The molecule has 2 aliphatic carbocycles. The van der Waals surface area contributed by atoms with Crippen molar-refractivity contribution in [3.63, 3.8) is 0 Å². The molecule has 0 aromatic carbocycles. The average Bonchev–Trinajstić information content (AvgIpc) is 3.05. The van der Waals surface area contributed by atoms with Crippen molar-refractivity contribution >= 4 is 0 Å². The lowest BCUT2D eigenvalue weighted by Gasteiger charge is -2.31. The molecule has 0 spiro atoms. The second-order valence-corrected chi connectivity index (χ2v) is 5.69. The molecule has 2 nitrogen and oxygen atoms in total. The number of nitrogens with two attached hydrogens (primary N) is 1. The van der Waals surface area contributed by atoms with Gasteiger partial charge in [0.25, 0.3) is 0 Å². The maximum atomic E-state index is 6.00. The highest BCUT2D eigenvalue weighted by Gasteiger charge is 2.30. The van der Waals surface area contributed by atoms with Gasteiger partial charge in [0.15, 0.2) is 0 Å². The molecule has 0 aliphatic heterocycles. The second kappa shape index (κ2) is 5.31. The van der Waals surface area contributed by atoms with Crippen molar-refractivity contribution in [3.05, 3.63) is 0 Å². The van der Waals surface area contributed by atoms with E-state index in [0.717, 1.165) is 12.5 Å². The van der Waals surface area contributed by atoms with Gasteiger partial charge in [-0.15, -0.1) is 0 Å². The summed E-state index contributed by atoms with van der Waals surface area (Å²) in [6, 6.07) is 0. The van der Waals surface area contributed by atoms with E-state index < -0.39 is 0 Å². The van der Waals surface area contributed by atoms with Crippen LogP contribution in [0.5, 0.6) is 0 Å². The van der Waals surface area contributed by atoms with Crippen LogP contribution in [0.1, 0.15) is 51.4 Å². The minimum atomic E-state index is 0.436. The molecule has 0 radical (unpaired) electrons. The molecule has 0 saturated heterocycles. The van der Waals surface area contributed by atoms with Crippen LogP contribution in [0.25, 0.3) is 0 Å². The first kappa shape index (κ1) is 11.4. The van der Waals surface area contributed by atoms with E-state index in [1.165, 1.54) is 64.5 Å². The minimum absolute atomic E-state index is 0.436. The molecule has 0 unspecified atom stereocenters. The molecular formula is C13H26N2. The highest BCUT2D eigenvalue weighted by Crippen LogP contribution is 2.34. The van der Waals surface area contributed by atoms with Crippen LogP contribution in [0.4, 0.5) is 0 Å². The zero-order chi connectivity index (χ0) is 10.6. The van der Waals surface area contributed by atoms with Crippen molar-refractivity contribution in [2.75, 3.05) is 19.6 Å². The second-order valence-electron chi connectivity index (χ2n) is 5.69. The first-order chi connectivity index (χ1) is 7.35. The Labute approximate surface area is 94.0 Å². The maximum Gasteiger partial charge on any atom is 0.00200 e. The van der Waals surface area contributed by atoms with Crippen molar-refractivity contribution in [1.29, 1.82) is 0 Å². The van der Waals surface area contributed by atoms with Crippen LogP contribution in [0.2, 0.25) is 0 Å². The predicted molar refractivity (Wildman–Crippen MR) is 64.8 cm³/mol. The van der Waals surface area contributed by atoms with E-state index in [0.29, 0.717) is 5.41 Å². The maximum absolute atomic E-state index is 6.00. The van der Waals surface area contributed by atoms with Gasteiger partial charge in [0, 0.05) is 6.54 Å². The first-order valence-electron chi connectivity index (χ1n) is 6.75. The Kier molecular flexibility index (Phi) is 4.04. The summed E-state index contributed by atoms with van der Waals surface area (Å²) in [7, 11) is 0. The number of nitrogens with one attached hydrogen (secondary N) is 1. The third-order valence-electron chi connectivity index (χ3n) is 4.23. The first-order valence-corrected chi connectivity index (χ1v) is 6.75. The summed E-state index contributed by atoms with van der Waals surface area (Å²) in [5.41, 5.74) is 6.44. The van der Waals surface area contributed by atoms with E-state index >= 15 is 0 Å². The monoisotopic (exact) mass is 210 g/mol. The van der Waals surface area contributed by atoms with E-state index in [4.69, 9.17) is 5.73 Å². The fraction of sp³-hybridized carbons (Fsp3) is 1.00. The van der Waals surface area contributed by atoms with Crippen LogP contribution < -0.4 is 11.1 Å². The fourth-order valence-corrected chi connectivity index (χ4v) is 2.80. The zero-order valence-corrected chi connectivity index (χ0v) is 9.93. The molecule has 0 atom stereocenters. The van der Waals surface area contributed by atoms with Gasteiger partial charge >= 0.3 is 0 Å². The van der Waals surface area contributed by atoms with E-state index in [1.54, 1.807) is 0 Å². The number of hydrogen-bond acceptors (Lipinski definition) is 2. The quantitative estimate of drug-likeness (QED) is 0.683. The van der Waals surface area contributed by atoms with Gasteiger partial charge in [-0.2, -0.15) is 0 Å². The predicted octanol–water partition coefficient (Wildman–Crippen LogP) is 2.29. The van der Waals surface area contributed by atoms with Gasteiger partial charge in [-0.05, 0) is 50.1 Å². The molecule has 0 aromatic rings. The van der Waals surface area contributed by atoms with Gasteiger partial charge in [0.05, 0.1) is 0 Å². The highest BCUT2D eigenvalue weighted by atomic mass is 14.9.